The van der Waals surface area contributed by atoms with Gasteiger partial charge in [0.05, 0.1) is 12.5 Å². The van der Waals surface area contributed by atoms with E-state index in [0.29, 0.717) is 6.54 Å². The van der Waals surface area contributed by atoms with Crippen LogP contribution in [-0.2, 0) is 16.8 Å². The molecule has 0 radical (unpaired) electrons. The zero-order chi connectivity index (χ0) is 17.0. The molecular formula is C17H25ClN4OS. The first-order valence-electron chi connectivity index (χ1n) is 7.70. The molecule has 1 amide bonds. The average molecular weight is 369 g/mol. The molecule has 1 aromatic heterocycles. The fourth-order valence-corrected chi connectivity index (χ4v) is 2.92. The molecule has 2 unspecified atom stereocenters. The van der Waals surface area contributed by atoms with Crippen LogP contribution in [0.5, 0.6) is 0 Å². The predicted octanol–water partition coefficient (Wildman–Crippen LogP) is 3.21. The van der Waals surface area contributed by atoms with Gasteiger partial charge in [-0.3, -0.25) is 4.79 Å². The Morgan fingerprint density at radius 1 is 1.25 bits per heavy atom. The maximum absolute atomic E-state index is 12.3. The van der Waals surface area contributed by atoms with Crippen molar-refractivity contribution in [2.45, 2.75) is 45.7 Å². The second kappa shape index (κ2) is 8.55. The average Bonchev–Trinajstić information content (AvgIpc) is 3.01. The van der Waals surface area contributed by atoms with E-state index in [1.165, 1.54) is 11.3 Å². The highest BCUT2D eigenvalue weighted by Crippen LogP contribution is 2.25. The number of hydrogen-bond acceptors (Lipinski definition) is 5. The van der Waals surface area contributed by atoms with Crippen LogP contribution < -0.4 is 11.1 Å². The van der Waals surface area contributed by atoms with Gasteiger partial charge in [-0.25, -0.2) is 0 Å². The van der Waals surface area contributed by atoms with E-state index in [2.05, 4.69) is 36.3 Å². The van der Waals surface area contributed by atoms with Crippen LogP contribution >= 0.6 is 23.7 Å². The molecule has 2 aromatic rings. The van der Waals surface area contributed by atoms with E-state index in [4.69, 9.17) is 5.73 Å². The molecule has 1 heterocycles. The summed E-state index contributed by atoms with van der Waals surface area (Å²) in [7, 11) is 0. The number of benzene rings is 1. The number of nitrogens with one attached hydrogen (secondary N) is 1. The lowest BCUT2D eigenvalue weighted by molar-refractivity contribution is -0.125. The van der Waals surface area contributed by atoms with Crippen molar-refractivity contribution in [1.82, 2.24) is 15.5 Å². The van der Waals surface area contributed by atoms with Gasteiger partial charge in [0.25, 0.3) is 0 Å². The van der Waals surface area contributed by atoms with Crippen LogP contribution in [0.2, 0.25) is 0 Å². The van der Waals surface area contributed by atoms with Gasteiger partial charge in [0.1, 0.15) is 10.0 Å². The second-order valence-electron chi connectivity index (χ2n) is 6.69. The standard InChI is InChI=1S/C17H24N4OS.ClH/c1-11(14(18)12-8-6-5-7-9-12)15(22)19-10-13-20-21-16(23-13)17(2,3)4;/h5-9,11,14H,10,18H2,1-4H3,(H,19,22);1H. The molecular weight excluding hydrogens is 344 g/mol. The Morgan fingerprint density at radius 2 is 1.88 bits per heavy atom. The van der Waals surface area contributed by atoms with E-state index >= 15 is 0 Å². The van der Waals surface area contributed by atoms with Crippen LogP contribution in [0.1, 0.15) is 49.3 Å². The molecule has 132 valence electrons. The van der Waals surface area contributed by atoms with E-state index in [0.717, 1.165) is 15.6 Å². The van der Waals surface area contributed by atoms with Gasteiger partial charge in [0, 0.05) is 11.5 Å². The first-order chi connectivity index (χ1) is 10.8. The van der Waals surface area contributed by atoms with Crippen molar-refractivity contribution in [3.63, 3.8) is 0 Å². The van der Waals surface area contributed by atoms with Gasteiger partial charge in [0.15, 0.2) is 0 Å². The topological polar surface area (TPSA) is 80.9 Å². The monoisotopic (exact) mass is 368 g/mol. The van der Waals surface area contributed by atoms with Crippen molar-refractivity contribution < 1.29 is 4.79 Å². The van der Waals surface area contributed by atoms with Crippen LogP contribution in [0.25, 0.3) is 0 Å². The third kappa shape index (κ3) is 5.26. The van der Waals surface area contributed by atoms with Gasteiger partial charge in [0.2, 0.25) is 5.91 Å². The number of rotatable bonds is 5. The summed E-state index contributed by atoms with van der Waals surface area (Å²) in [6.07, 6.45) is 0. The van der Waals surface area contributed by atoms with E-state index in [1.54, 1.807) is 0 Å². The first kappa shape index (κ1) is 20.5. The molecule has 0 aliphatic carbocycles. The molecule has 2 atom stereocenters. The minimum atomic E-state index is -0.323. The Hall–Kier alpha value is -1.50. The first-order valence-corrected chi connectivity index (χ1v) is 8.52. The van der Waals surface area contributed by atoms with Gasteiger partial charge in [-0.05, 0) is 5.56 Å². The van der Waals surface area contributed by atoms with E-state index < -0.39 is 0 Å². The predicted molar refractivity (Wildman–Crippen MR) is 100 cm³/mol. The highest BCUT2D eigenvalue weighted by Gasteiger charge is 2.23. The summed E-state index contributed by atoms with van der Waals surface area (Å²) in [4.78, 5) is 12.3. The number of aromatic nitrogens is 2. The number of hydrogen-bond donors (Lipinski definition) is 2. The summed E-state index contributed by atoms with van der Waals surface area (Å²) in [5.41, 5.74) is 7.12. The Labute approximate surface area is 153 Å². The van der Waals surface area contributed by atoms with Crippen molar-refractivity contribution >= 4 is 29.7 Å². The highest BCUT2D eigenvalue weighted by molar-refractivity contribution is 7.11. The maximum atomic E-state index is 12.3. The van der Waals surface area contributed by atoms with Crippen molar-refractivity contribution in [2.24, 2.45) is 11.7 Å². The summed E-state index contributed by atoms with van der Waals surface area (Å²) in [5.74, 6) is -0.388. The molecule has 0 bridgehead atoms. The Bertz CT molecular complexity index is 654. The summed E-state index contributed by atoms with van der Waals surface area (Å²) >= 11 is 1.53. The Morgan fingerprint density at radius 3 is 2.42 bits per heavy atom. The molecule has 24 heavy (non-hydrogen) atoms. The van der Waals surface area contributed by atoms with E-state index in [9.17, 15) is 4.79 Å². The molecule has 0 aliphatic rings. The number of nitrogens with zero attached hydrogens (tertiary/aromatic N) is 2. The lowest BCUT2D eigenvalue weighted by atomic mass is 9.95. The van der Waals surface area contributed by atoms with Gasteiger partial charge in [-0.15, -0.1) is 22.6 Å². The third-order valence-corrected chi connectivity index (χ3v) is 5.01. The van der Waals surface area contributed by atoms with Crippen molar-refractivity contribution in [1.29, 1.82) is 0 Å². The lowest BCUT2D eigenvalue weighted by Crippen LogP contribution is -2.35. The zero-order valence-corrected chi connectivity index (χ0v) is 16.1. The molecule has 0 saturated carbocycles. The van der Waals surface area contributed by atoms with Crippen LogP contribution in [0.4, 0.5) is 0 Å². The van der Waals surface area contributed by atoms with Crippen molar-refractivity contribution in [2.75, 3.05) is 0 Å². The van der Waals surface area contributed by atoms with Crippen LogP contribution in [0.3, 0.4) is 0 Å². The summed E-state index contributed by atoms with van der Waals surface area (Å²) in [6, 6.07) is 9.34. The fraction of sp³-hybridized carbons (Fsp3) is 0.471. The van der Waals surface area contributed by atoms with Gasteiger partial charge < -0.3 is 11.1 Å². The molecule has 1 aromatic carbocycles. The van der Waals surface area contributed by atoms with E-state index in [-0.39, 0.29) is 35.7 Å². The SMILES string of the molecule is CC(C(=O)NCc1nnc(C(C)(C)C)s1)C(N)c1ccccc1.Cl. The summed E-state index contributed by atoms with van der Waals surface area (Å²) in [5, 5.41) is 13.0. The number of amides is 1. The maximum Gasteiger partial charge on any atom is 0.225 e. The quantitative estimate of drug-likeness (QED) is 0.849. The molecule has 2 rings (SSSR count). The number of halogens is 1. The highest BCUT2D eigenvalue weighted by atomic mass is 35.5. The summed E-state index contributed by atoms with van der Waals surface area (Å²) in [6.45, 7) is 8.51. The van der Waals surface area contributed by atoms with Crippen LogP contribution in [0, 0.1) is 5.92 Å². The molecule has 0 spiro atoms. The smallest absolute Gasteiger partial charge is 0.225 e. The molecule has 3 N–H and O–H groups in total. The third-order valence-electron chi connectivity index (χ3n) is 3.66. The van der Waals surface area contributed by atoms with Crippen molar-refractivity contribution in [3.8, 4) is 0 Å². The summed E-state index contributed by atoms with van der Waals surface area (Å²) < 4.78 is 0. The van der Waals surface area contributed by atoms with E-state index in [1.807, 2.05) is 37.3 Å². The number of carbonyl (C=O) groups is 1. The van der Waals surface area contributed by atoms with Gasteiger partial charge in [-0.2, -0.15) is 0 Å². The second-order valence-corrected chi connectivity index (χ2v) is 7.76. The molecule has 0 fully saturated rings. The number of nitrogens with two attached hydrogens (primary N) is 1. The van der Waals surface area contributed by atoms with Crippen LogP contribution in [0.15, 0.2) is 30.3 Å². The Kier molecular flexibility index (Phi) is 7.32. The Balaban J connectivity index is 0.00000288. The fourth-order valence-electron chi connectivity index (χ4n) is 2.08. The van der Waals surface area contributed by atoms with Gasteiger partial charge >= 0.3 is 0 Å². The van der Waals surface area contributed by atoms with Crippen molar-refractivity contribution in [3.05, 3.63) is 45.9 Å². The zero-order valence-electron chi connectivity index (χ0n) is 14.4. The molecule has 7 heteroatoms. The van der Waals surface area contributed by atoms with Crippen LogP contribution in [-0.4, -0.2) is 16.1 Å². The normalized spacial score (nSPS) is 13.7. The minimum absolute atomic E-state index is 0. The molecule has 0 saturated heterocycles. The molecule has 0 aliphatic heterocycles. The lowest BCUT2D eigenvalue weighted by Gasteiger charge is -2.19. The largest absolute Gasteiger partial charge is 0.349 e. The number of carbonyl (C=O) groups excluding carboxylic acids is 1. The van der Waals surface area contributed by atoms with Gasteiger partial charge in [-0.1, -0.05) is 69.4 Å². The minimum Gasteiger partial charge on any atom is -0.349 e. The molecule has 5 nitrogen and oxygen atoms in total.